The Hall–Kier alpha value is -1.50. The standard InChI is InChI=1S/C15H20O/c1-12(2)6-5-7-13(3)14-8-10-15(16-4)11-9-14/h5-6,8-11,13H,1,7H2,2-4H3/b6-5+. The second-order valence-electron chi connectivity index (χ2n) is 4.16. The monoisotopic (exact) mass is 216 g/mol. The van der Waals surface area contributed by atoms with E-state index >= 15 is 0 Å². The Labute approximate surface area is 98.5 Å². The molecule has 0 radical (unpaired) electrons. The lowest BCUT2D eigenvalue weighted by molar-refractivity contribution is 0.414. The SMILES string of the molecule is C=C(C)/C=C/CC(C)c1ccc(OC)cc1. The second kappa shape index (κ2) is 6.16. The fraction of sp³-hybridized carbons (Fsp3) is 0.333. The van der Waals surface area contributed by atoms with Gasteiger partial charge in [-0.3, -0.25) is 0 Å². The molecule has 0 aliphatic carbocycles. The lowest BCUT2D eigenvalue weighted by atomic mass is 9.97. The first-order chi connectivity index (χ1) is 7.63. The molecule has 1 aromatic rings. The first-order valence-corrected chi connectivity index (χ1v) is 5.59. The maximum atomic E-state index is 5.14. The van der Waals surface area contributed by atoms with Crippen molar-refractivity contribution >= 4 is 0 Å². The lowest BCUT2D eigenvalue weighted by Crippen LogP contribution is -1.92. The van der Waals surface area contributed by atoms with Crippen LogP contribution >= 0.6 is 0 Å². The fourth-order valence-electron chi connectivity index (χ4n) is 1.54. The number of benzene rings is 1. The number of hydrogen-bond donors (Lipinski definition) is 0. The average molecular weight is 216 g/mol. The van der Waals surface area contributed by atoms with Crippen LogP contribution in [0.15, 0.2) is 48.6 Å². The number of ether oxygens (including phenoxy) is 1. The molecule has 0 heterocycles. The minimum Gasteiger partial charge on any atom is -0.497 e. The molecule has 1 aromatic carbocycles. The van der Waals surface area contributed by atoms with Crippen molar-refractivity contribution in [1.82, 2.24) is 0 Å². The third-order valence-corrected chi connectivity index (χ3v) is 2.58. The molecule has 0 spiro atoms. The smallest absolute Gasteiger partial charge is 0.118 e. The van der Waals surface area contributed by atoms with Crippen molar-refractivity contribution in [3.05, 3.63) is 54.1 Å². The summed E-state index contributed by atoms with van der Waals surface area (Å²) in [6, 6.07) is 8.26. The molecule has 1 unspecified atom stereocenters. The molecule has 0 aliphatic heterocycles. The Balaban J connectivity index is 2.58. The Morgan fingerprint density at radius 3 is 2.50 bits per heavy atom. The summed E-state index contributed by atoms with van der Waals surface area (Å²) in [4.78, 5) is 0. The second-order valence-corrected chi connectivity index (χ2v) is 4.16. The molecule has 1 atom stereocenters. The Bertz CT molecular complexity index is 360. The maximum Gasteiger partial charge on any atom is 0.118 e. The van der Waals surface area contributed by atoms with Gasteiger partial charge in [0.2, 0.25) is 0 Å². The van der Waals surface area contributed by atoms with Crippen LogP contribution in [0.25, 0.3) is 0 Å². The van der Waals surface area contributed by atoms with Gasteiger partial charge in [-0.1, -0.05) is 43.4 Å². The number of allylic oxidation sites excluding steroid dienone is 3. The van der Waals surface area contributed by atoms with Gasteiger partial charge in [-0.15, -0.1) is 0 Å². The molecule has 1 heteroatoms. The predicted molar refractivity (Wildman–Crippen MR) is 70.0 cm³/mol. The zero-order valence-corrected chi connectivity index (χ0v) is 10.4. The van der Waals surface area contributed by atoms with Crippen LogP contribution in [-0.2, 0) is 0 Å². The summed E-state index contributed by atoms with van der Waals surface area (Å²) in [5.41, 5.74) is 2.44. The van der Waals surface area contributed by atoms with Crippen molar-refractivity contribution in [2.24, 2.45) is 0 Å². The molecule has 0 aromatic heterocycles. The maximum absolute atomic E-state index is 5.14. The van der Waals surface area contributed by atoms with Gasteiger partial charge in [0.1, 0.15) is 5.75 Å². The highest BCUT2D eigenvalue weighted by Crippen LogP contribution is 2.22. The van der Waals surface area contributed by atoms with Crippen LogP contribution < -0.4 is 4.74 Å². The van der Waals surface area contributed by atoms with Crippen LogP contribution in [0.3, 0.4) is 0 Å². The van der Waals surface area contributed by atoms with Crippen molar-refractivity contribution in [3.63, 3.8) is 0 Å². The van der Waals surface area contributed by atoms with E-state index in [1.54, 1.807) is 7.11 Å². The normalized spacial score (nSPS) is 12.7. The number of rotatable bonds is 5. The first-order valence-electron chi connectivity index (χ1n) is 5.59. The van der Waals surface area contributed by atoms with Crippen LogP contribution in [-0.4, -0.2) is 7.11 Å². The number of methoxy groups -OCH3 is 1. The molecule has 0 fully saturated rings. The largest absolute Gasteiger partial charge is 0.497 e. The highest BCUT2D eigenvalue weighted by Gasteiger charge is 2.03. The summed E-state index contributed by atoms with van der Waals surface area (Å²) in [6.07, 6.45) is 5.29. The quantitative estimate of drug-likeness (QED) is 0.666. The van der Waals surface area contributed by atoms with Gasteiger partial charge in [-0.05, 0) is 37.0 Å². The Morgan fingerprint density at radius 2 is 2.00 bits per heavy atom. The molecule has 0 saturated heterocycles. The van der Waals surface area contributed by atoms with Gasteiger partial charge in [0, 0.05) is 0 Å². The van der Waals surface area contributed by atoms with E-state index in [9.17, 15) is 0 Å². The summed E-state index contributed by atoms with van der Waals surface area (Å²) < 4.78 is 5.14. The van der Waals surface area contributed by atoms with Crippen molar-refractivity contribution in [2.45, 2.75) is 26.2 Å². The van der Waals surface area contributed by atoms with Crippen molar-refractivity contribution in [1.29, 1.82) is 0 Å². The van der Waals surface area contributed by atoms with Gasteiger partial charge >= 0.3 is 0 Å². The molecule has 0 aliphatic rings. The lowest BCUT2D eigenvalue weighted by Gasteiger charge is -2.09. The number of hydrogen-bond acceptors (Lipinski definition) is 1. The van der Waals surface area contributed by atoms with Gasteiger partial charge in [0.05, 0.1) is 7.11 Å². The van der Waals surface area contributed by atoms with Crippen LogP contribution in [0, 0.1) is 0 Å². The summed E-state index contributed by atoms with van der Waals surface area (Å²) >= 11 is 0. The molecule has 0 amide bonds. The van der Waals surface area contributed by atoms with E-state index in [0.717, 1.165) is 17.7 Å². The van der Waals surface area contributed by atoms with Gasteiger partial charge in [0.15, 0.2) is 0 Å². The van der Waals surface area contributed by atoms with Crippen LogP contribution in [0.5, 0.6) is 5.75 Å². The molecule has 1 nitrogen and oxygen atoms in total. The summed E-state index contributed by atoms with van der Waals surface area (Å²) in [5, 5.41) is 0. The molecule has 0 bridgehead atoms. The zero-order chi connectivity index (χ0) is 12.0. The molecule has 0 saturated carbocycles. The van der Waals surface area contributed by atoms with Crippen molar-refractivity contribution < 1.29 is 4.74 Å². The van der Waals surface area contributed by atoms with Gasteiger partial charge in [0.25, 0.3) is 0 Å². The van der Waals surface area contributed by atoms with E-state index < -0.39 is 0 Å². The summed E-state index contributed by atoms with van der Waals surface area (Å²) in [5.74, 6) is 1.44. The third kappa shape index (κ3) is 3.93. The first kappa shape index (κ1) is 12.6. The summed E-state index contributed by atoms with van der Waals surface area (Å²) in [6.45, 7) is 8.08. The Morgan fingerprint density at radius 1 is 1.38 bits per heavy atom. The third-order valence-electron chi connectivity index (χ3n) is 2.58. The van der Waals surface area contributed by atoms with E-state index in [0.29, 0.717) is 5.92 Å². The van der Waals surface area contributed by atoms with Gasteiger partial charge < -0.3 is 4.74 Å². The highest BCUT2D eigenvalue weighted by atomic mass is 16.5. The Kier molecular flexibility index (Phi) is 4.84. The fourth-order valence-corrected chi connectivity index (χ4v) is 1.54. The van der Waals surface area contributed by atoms with Gasteiger partial charge in [-0.2, -0.15) is 0 Å². The minimum absolute atomic E-state index is 0.529. The molecule has 86 valence electrons. The van der Waals surface area contributed by atoms with Crippen LogP contribution in [0.2, 0.25) is 0 Å². The van der Waals surface area contributed by atoms with E-state index in [1.165, 1.54) is 5.56 Å². The van der Waals surface area contributed by atoms with Gasteiger partial charge in [-0.25, -0.2) is 0 Å². The molecular formula is C15H20O. The van der Waals surface area contributed by atoms with E-state index in [1.807, 2.05) is 19.1 Å². The van der Waals surface area contributed by atoms with Crippen molar-refractivity contribution in [2.75, 3.05) is 7.11 Å². The highest BCUT2D eigenvalue weighted by molar-refractivity contribution is 5.29. The summed E-state index contributed by atoms with van der Waals surface area (Å²) in [7, 11) is 1.69. The zero-order valence-electron chi connectivity index (χ0n) is 10.4. The van der Waals surface area contributed by atoms with E-state index in [2.05, 4.69) is 37.8 Å². The van der Waals surface area contributed by atoms with Crippen molar-refractivity contribution in [3.8, 4) is 5.75 Å². The molecule has 0 N–H and O–H groups in total. The van der Waals surface area contributed by atoms with Crippen LogP contribution in [0.1, 0.15) is 31.7 Å². The minimum atomic E-state index is 0.529. The molecule has 1 rings (SSSR count). The van der Waals surface area contributed by atoms with E-state index in [-0.39, 0.29) is 0 Å². The molecule has 16 heavy (non-hydrogen) atoms. The average Bonchev–Trinajstić information content (AvgIpc) is 2.28. The van der Waals surface area contributed by atoms with Crippen LogP contribution in [0.4, 0.5) is 0 Å². The topological polar surface area (TPSA) is 9.23 Å². The predicted octanol–water partition coefficient (Wildman–Crippen LogP) is 4.32. The molecular weight excluding hydrogens is 196 g/mol. The van der Waals surface area contributed by atoms with E-state index in [4.69, 9.17) is 4.74 Å².